The number of hydrogen-bond acceptors (Lipinski definition) is 2. The first kappa shape index (κ1) is 6.68. The van der Waals surface area contributed by atoms with Crippen LogP contribution in [0.25, 0.3) is 0 Å². The van der Waals surface area contributed by atoms with Crippen molar-refractivity contribution in [3.8, 4) is 0 Å². The fourth-order valence-corrected chi connectivity index (χ4v) is 0. The Bertz CT molecular complexity index is 114. The van der Waals surface area contributed by atoms with E-state index in [2.05, 4.69) is 6.92 Å². The molecular formula is C2H4IO2S. The predicted molar refractivity (Wildman–Crippen MR) is 33.2 cm³/mol. The van der Waals surface area contributed by atoms with Gasteiger partial charge in [0.2, 0.25) is 7.01 Å². The number of hydrogen-bond donors (Lipinski definition) is 0. The molecule has 0 unspecified atom stereocenters. The highest BCUT2D eigenvalue weighted by molar-refractivity contribution is 14.2. The molecule has 0 fully saturated rings. The van der Waals surface area contributed by atoms with Crippen LogP contribution in [0.5, 0.6) is 0 Å². The zero-order chi connectivity index (χ0) is 5.21. The summed E-state index contributed by atoms with van der Waals surface area (Å²) in [7, 11) is -2.80. The molecule has 0 saturated carbocycles. The van der Waals surface area contributed by atoms with Crippen molar-refractivity contribution in [1.82, 2.24) is 0 Å². The number of halogens is 1. The van der Waals surface area contributed by atoms with Crippen molar-refractivity contribution in [2.75, 3.05) is 5.75 Å². The zero-order valence-electron chi connectivity index (χ0n) is 3.02. The quantitative estimate of drug-likeness (QED) is 0.477. The van der Waals surface area contributed by atoms with Crippen LogP contribution in [0.2, 0.25) is 0 Å². The molecule has 0 aliphatic heterocycles. The molecule has 0 aromatic carbocycles. The summed E-state index contributed by atoms with van der Waals surface area (Å²) in [5.41, 5.74) is 0. The van der Waals surface area contributed by atoms with Gasteiger partial charge in [0.1, 0.15) is 0 Å². The van der Waals surface area contributed by atoms with Crippen LogP contribution in [0.1, 0.15) is 0 Å². The average molecular weight is 219 g/mol. The highest BCUT2D eigenvalue weighted by atomic mass is 127. The summed E-state index contributed by atoms with van der Waals surface area (Å²) in [6.45, 7) is 3.16. The van der Waals surface area contributed by atoms with Gasteiger partial charge in [-0.05, 0) is 6.92 Å². The second-order valence-electron chi connectivity index (χ2n) is 0.743. The summed E-state index contributed by atoms with van der Waals surface area (Å²) in [4.78, 5) is 0. The molecule has 0 aromatic heterocycles. The van der Waals surface area contributed by atoms with Crippen LogP contribution < -0.4 is 0 Å². The minimum atomic E-state index is -2.80. The fourth-order valence-electron chi connectivity index (χ4n) is 0. The molecule has 0 amide bonds. The lowest BCUT2D eigenvalue weighted by molar-refractivity contribution is 0.615. The molecule has 0 atom stereocenters. The van der Waals surface area contributed by atoms with Gasteiger partial charge in [-0.3, -0.25) is 0 Å². The molecule has 0 aliphatic carbocycles. The summed E-state index contributed by atoms with van der Waals surface area (Å²) in [6, 6.07) is 0. The maximum absolute atomic E-state index is 9.92. The molecule has 0 N–H and O–H groups in total. The Morgan fingerprint density at radius 1 is 1.67 bits per heavy atom. The van der Waals surface area contributed by atoms with E-state index in [4.69, 9.17) is 0 Å². The molecule has 1 radical (unpaired) electrons. The lowest BCUT2D eigenvalue weighted by Gasteiger charge is -1.77. The van der Waals surface area contributed by atoms with E-state index in [0.717, 1.165) is 0 Å². The van der Waals surface area contributed by atoms with E-state index in [0.29, 0.717) is 0 Å². The van der Waals surface area contributed by atoms with Crippen LogP contribution in [-0.2, 0) is 7.01 Å². The molecule has 0 aromatic rings. The third-order valence-corrected chi connectivity index (χ3v) is 2.05. The van der Waals surface area contributed by atoms with Crippen molar-refractivity contribution in [2.24, 2.45) is 0 Å². The third-order valence-electron chi connectivity index (χ3n) is 0.244. The first-order chi connectivity index (χ1) is 2.56. The molecule has 6 heavy (non-hydrogen) atoms. The molecule has 0 saturated heterocycles. The Kier molecular flexibility index (Phi) is 2.35. The van der Waals surface area contributed by atoms with Crippen molar-refractivity contribution in [1.29, 1.82) is 0 Å². The second kappa shape index (κ2) is 2.11. The van der Waals surface area contributed by atoms with Crippen molar-refractivity contribution >= 4 is 28.2 Å². The van der Waals surface area contributed by atoms with Crippen molar-refractivity contribution < 1.29 is 8.42 Å². The summed E-state index contributed by atoms with van der Waals surface area (Å²) < 4.78 is 19.8. The van der Waals surface area contributed by atoms with Gasteiger partial charge < -0.3 is 0 Å². The Balaban J connectivity index is 3.85. The molecule has 0 rings (SSSR count). The zero-order valence-corrected chi connectivity index (χ0v) is 5.99. The van der Waals surface area contributed by atoms with E-state index in [9.17, 15) is 8.42 Å². The summed E-state index contributed by atoms with van der Waals surface area (Å²) in [6.07, 6.45) is 0. The standard InChI is InChI=1S/C2H4IO2S/c1-2-6(3,4)5/h1-2H2. The lowest BCUT2D eigenvalue weighted by Crippen LogP contribution is -1.87. The molecular weight excluding hydrogens is 215 g/mol. The van der Waals surface area contributed by atoms with E-state index >= 15 is 0 Å². The van der Waals surface area contributed by atoms with E-state index in [1.165, 1.54) is 21.2 Å². The van der Waals surface area contributed by atoms with Crippen molar-refractivity contribution in [2.45, 2.75) is 0 Å². The lowest BCUT2D eigenvalue weighted by atomic mass is 11.0. The van der Waals surface area contributed by atoms with Gasteiger partial charge in [0.05, 0.1) is 27.0 Å². The highest BCUT2D eigenvalue weighted by Crippen LogP contribution is 1.97. The fraction of sp³-hybridized carbons (Fsp3) is 0.500. The highest BCUT2D eigenvalue weighted by Gasteiger charge is 1.94. The van der Waals surface area contributed by atoms with Crippen LogP contribution in [-0.4, -0.2) is 14.2 Å². The van der Waals surface area contributed by atoms with Crippen LogP contribution in [0.3, 0.4) is 0 Å². The first-order valence-electron chi connectivity index (χ1n) is 1.28. The van der Waals surface area contributed by atoms with Gasteiger partial charge in [0.25, 0.3) is 0 Å². The van der Waals surface area contributed by atoms with Gasteiger partial charge in [-0.1, -0.05) is 0 Å². The molecule has 2 nitrogen and oxygen atoms in total. The van der Waals surface area contributed by atoms with Gasteiger partial charge >= 0.3 is 0 Å². The molecule has 37 valence electrons. The SMILES string of the molecule is [CH2]CS(=O)(=O)I. The maximum Gasteiger partial charge on any atom is 0.203 e. The van der Waals surface area contributed by atoms with Crippen LogP contribution in [0.15, 0.2) is 0 Å². The molecule has 0 spiro atoms. The van der Waals surface area contributed by atoms with Crippen LogP contribution in [0.4, 0.5) is 0 Å². The average Bonchev–Trinajstić information content (AvgIpc) is 1.35. The maximum atomic E-state index is 9.92. The Morgan fingerprint density at radius 3 is 1.83 bits per heavy atom. The van der Waals surface area contributed by atoms with Crippen molar-refractivity contribution in [3.63, 3.8) is 0 Å². The van der Waals surface area contributed by atoms with Crippen molar-refractivity contribution in [3.05, 3.63) is 6.92 Å². The topological polar surface area (TPSA) is 34.1 Å². The van der Waals surface area contributed by atoms with Crippen LogP contribution in [0, 0.1) is 6.92 Å². The smallest absolute Gasteiger partial charge is 0.203 e. The Hall–Kier alpha value is 0.680. The third kappa shape index (κ3) is 4.68. The monoisotopic (exact) mass is 219 g/mol. The first-order valence-corrected chi connectivity index (χ1v) is 5.47. The van der Waals surface area contributed by atoms with Gasteiger partial charge in [-0.25, -0.2) is 8.42 Å². The summed E-state index contributed by atoms with van der Waals surface area (Å²) in [5.74, 6) is -0.0203. The van der Waals surface area contributed by atoms with E-state index in [1.54, 1.807) is 0 Å². The van der Waals surface area contributed by atoms with E-state index in [1.807, 2.05) is 0 Å². The van der Waals surface area contributed by atoms with Gasteiger partial charge in [-0.15, -0.1) is 0 Å². The minimum Gasteiger partial charge on any atom is -0.218 e. The Labute approximate surface area is 49.4 Å². The van der Waals surface area contributed by atoms with Gasteiger partial charge in [0.15, 0.2) is 0 Å². The normalized spacial score (nSPS) is 11.7. The van der Waals surface area contributed by atoms with Gasteiger partial charge in [-0.2, -0.15) is 0 Å². The number of rotatable bonds is 1. The summed E-state index contributed by atoms with van der Waals surface area (Å²) >= 11 is 1.35. The second-order valence-corrected chi connectivity index (χ2v) is 6.25. The van der Waals surface area contributed by atoms with Gasteiger partial charge in [0, 0.05) is 0 Å². The largest absolute Gasteiger partial charge is 0.218 e. The molecule has 0 bridgehead atoms. The van der Waals surface area contributed by atoms with E-state index in [-0.39, 0.29) is 5.75 Å². The van der Waals surface area contributed by atoms with E-state index < -0.39 is 7.01 Å². The Morgan fingerprint density at radius 2 is 1.83 bits per heavy atom. The predicted octanol–water partition coefficient (Wildman–Crippen LogP) is 0.585. The minimum absolute atomic E-state index is 0.0203. The van der Waals surface area contributed by atoms with Crippen LogP contribution >= 0.6 is 21.2 Å². The molecule has 0 aliphatic rings. The summed E-state index contributed by atoms with van der Waals surface area (Å²) in [5, 5.41) is 0. The molecule has 4 heteroatoms. The molecule has 0 heterocycles.